The number of carbonyl (C=O) groups is 1. The monoisotopic (exact) mass is 387 g/mol. The molecule has 0 aromatic heterocycles. The first kappa shape index (κ1) is 19.6. The van der Waals surface area contributed by atoms with Crippen molar-refractivity contribution in [3.05, 3.63) is 59.2 Å². The Morgan fingerprint density at radius 1 is 1.11 bits per heavy atom. The van der Waals surface area contributed by atoms with Crippen molar-refractivity contribution in [2.45, 2.75) is 31.6 Å². The van der Waals surface area contributed by atoms with Crippen molar-refractivity contribution in [3.63, 3.8) is 0 Å². The molecule has 3 rings (SSSR count). The van der Waals surface area contributed by atoms with Gasteiger partial charge in [-0.1, -0.05) is 12.1 Å². The molecule has 0 saturated carbocycles. The Hall–Kier alpha value is -2.18. The summed E-state index contributed by atoms with van der Waals surface area (Å²) in [5, 5.41) is 0. The van der Waals surface area contributed by atoms with Gasteiger partial charge >= 0.3 is 0 Å². The number of sulfonamides is 1. The highest BCUT2D eigenvalue weighted by Crippen LogP contribution is 2.28. The van der Waals surface area contributed by atoms with Crippen LogP contribution in [0.4, 0.5) is 0 Å². The van der Waals surface area contributed by atoms with Crippen molar-refractivity contribution < 1.29 is 17.9 Å². The van der Waals surface area contributed by atoms with Gasteiger partial charge in [0.2, 0.25) is 10.0 Å². The fourth-order valence-electron chi connectivity index (χ4n) is 3.49. The number of ketones is 1. The van der Waals surface area contributed by atoms with Gasteiger partial charge in [-0.2, -0.15) is 4.31 Å². The maximum Gasteiger partial charge on any atom is 0.243 e. The lowest BCUT2D eigenvalue weighted by Crippen LogP contribution is -2.42. The summed E-state index contributed by atoms with van der Waals surface area (Å²) in [7, 11) is -2.04. The van der Waals surface area contributed by atoms with E-state index in [1.165, 1.54) is 4.31 Å². The molecule has 2 aromatic rings. The number of benzene rings is 2. The molecule has 0 spiro atoms. The predicted molar refractivity (Wildman–Crippen MR) is 105 cm³/mol. The van der Waals surface area contributed by atoms with Crippen molar-refractivity contribution in [2.24, 2.45) is 5.92 Å². The van der Waals surface area contributed by atoms with Crippen LogP contribution in [0.3, 0.4) is 0 Å². The van der Waals surface area contributed by atoms with Crippen molar-refractivity contribution in [2.75, 3.05) is 20.2 Å². The van der Waals surface area contributed by atoms with Crippen molar-refractivity contribution in [1.82, 2.24) is 4.31 Å². The normalized spacial score (nSPS) is 18.3. The molecule has 1 unspecified atom stereocenters. The zero-order valence-electron chi connectivity index (χ0n) is 15.9. The van der Waals surface area contributed by atoms with E-state index in [1.54, 1.807) is 44.4 Å². The smallest absolute Gasteiger partial charge is 0.243 e. The van der Waals surface area contributed by atoms with Crippen LogP contribution in [0.25, 0.3) is 0 Å². The maximum absolute atomic E-state index is 13.1. The highest BCUT2D eigenvalue weighted by molar-refractivity contribution is 7.89. The van der Waals surface area contributed by atoms with E-state index in [1.807, 2.05) is 19.1 Å². The molecule has 0 aliphatic carbocycles. The number of rotatable bonds is 5. The van der Waals surface area contributed by atoms with Gasteiger partial charge in [-0.15, -0.1) is 0 Å². The first-order valence-corrected chi connectivity index (χ1v) is 10.5. The Morgan fingerprint density at radius 3 is 2.48 bits per heavy atom. The maximum atomic E-state index is 13.1. The molecule has 2 aromatic carbocycles. The Morgan fingerprint density at radius 2 is 1.81 bits per heavy atom. The van der Waals surface area contributed by atoms with Crippen LogP contribution in [0.15, 0.2) is 47.4 Å². The van der Waals surface area contributed by atoms with Crippen LogP contribution in [0.2, 0.25) is 0 Å². The Bertz CT molecular complexity index is 935. The van der Waals surface area contributed by atoms with Gasteiger partial charge < -0.3 is 4.74 Å². The lowest BCUT2D eigenvalue weighted by molar-refractivity contribution is 0.0872. The summed E-state index contributed by atoms with van der Waals surface area (Å²) in [6.45, 7) is 4.35. The van der Waals surface area contributed by atoms with Crippen LogP contribution in [0.1, 0.15) is 34.3 Å². The molecule has 27 heavy (non-hydrogen) atoms. The number of Topliss-reactive ketones (excluding diaryl/α,β-unsaturated/α-hetero) is 1. The summed E-state index contributed by atoms with van der Waals surface area (Å²) in [4.78, 5) is 13.2. The Kier molecular flexibility index (Phi) is 5.67. The number of carbonyl (C=O) groups excluding carboxylic acids is 1. The van der Waals surface area contributed by atoms with Crippen LogP contribution >= 0.6 is 0 Å². The van der Waals surface area contributed by atoms with E-state index in [4.69, 9.17) is 4.74 Å². The second kappa shape index (κ2) is 7.82. The molecular formula is C21H25NO4S. The fraction of sp³-hybridized carbons (Fsp3) is 0.381. The summed E-state index contributed by atoms with van der Waals surface area (Å²) in [6.07, 6.45) is 1.38. The predicted octanol–water partition coefficient (Wildman–Crippen LogP) is 3.60. The van der Waals surface area contributed by atoms with Crippen LogP contribution < -0.4 is 4.74 Å². The minimum absolute atomic E-state index is 0.0153. The molecule has 0 N–H and O–H groups in total. The largest absolute Gasteiger partial charge is 0.497 e. The molecule has 0 amide bonds. The third kappa shape index (κ3) is 4.06. The summed E-state index contributed by atoms with van der Waals surface area (Å²) >= 11 is 0. The zero-order valence-corrected chi connectivity index (χ0v) is 16.8. The second-order valence-corrected chi connectivity index (χ2v) is 8.97. The van der Waals surface area contributed by atoms with Gasteiger partial charge in [-0.25, -0.2) is 8.42 Å². The molecule has 1 aliphatic heterocycles. The number of piperidine rings is 1. The Balaban J connectivity index is 1.82. The number of aryl methyl sites for hydroxylation is 2. The Labute approximate surface area is 161 Å². The molecular weight excluding hydrogens is 362 g/mol. The summed E-state index contributed by atoms with van der Waals surface area (Å²) < 4.78 is 32.9. The molecule has 1 aliphatic rings. The number of hydrogen-bond acceptors (Lipinski definition) is 4. The average molecular weight is 388 g/mol. The van der Waals surface area contributed by atoms with E-state index in [2.05, 4.69) is 0 Å². The van der Waals surface area contributed by atoms with E-state index in [0.717, 1.165) is 11.1 Å². The van der Waals surface area contributed by atoms with Crippen LogP contribution in [0, 0.1) is 19.8 Å². The SMILES string of the molecule is COc1ccc(C(=O)C2CCCN(S(=O)(=O)c3cc(C)ccc3C)C2)cc1. The number of nitrogens with zero attached hydrogens (tertiary/aromatic N) is 1. The van der Waals surface area contributed by atoms with Crippen molar-refractivity contribution >= 4 is 15.8 Å². The number of ether oxygens (including phenoxy) is 1. The molecule has 6 heteroatoms. The minimum Gasteiger partial charge on any atom is -0.497 e. The molecule has 1 fully saturated rings. The van der Waals surface area contributed by atoms with Gasteiger partial charge in [0.05, 0.1) is 12.0 Å². The topological polar surface area (TPSA) is 63.7 Å². The first-order chi connectivity index (χ1) is 12.8. The first-order valence-electron chi connectivity index (χ1n) is 9.08. The lowest BCUT2D eigenvalue weighted by Gasteiger charge is -2.31. The number of methoxy groups -OCH3 is 1. The van der Waals surface area contributed by atoms with E-state index >= 15 is 0 Å². The standard InChI is InChI=1S/C21H25NO4S/c1-15-6-7-16(2)20(13-15)27(24,25)22-12-4-5-18(14-22)21(23)17-8-10-19(26-3)11-9-17/h6-11,13,18H,4-5,12,14H2,1-3H3. The second-order valence-electron chi connectivity index (χ2n) is 7.06. The van der Waals surface area contributed by atoms with Crippen LogP contribution in [-0.4, -0.2) is 38.7 Å². The average Bonchev–Trinajstić information content (AvgIpc) is 2.69. The van der Waals surface area contributed by atoms with Gasteiger partial charge in [0.25, 0.3) is 0 Å². The molecule has 1 atom stereocenters. The van der Waals surface area contributed by atoms with E-state index in [9.17, 15) is 13.2 Å². The molecule has 1 heterocycles. The van der Waals surface area contributed by atoms with Gasteiger partial charge in [-0.05, 0) is 68.1 Å². The van der Waals surface area contributed by atoms with Gasteiger partial charge in [-0.3, -0.25) is 4.79 Å². The molecule has 0 radical (unpaired) electrons. The fourth-order valence-corrected chi connectivity index (χ4v) is 5.32. The summed E-state index contributed by atoms with van der Waals surface area (Å²) in [6, 6.07) is 12.4. The summed E-state index contributed by atoms with van der Waals surface area (Å²) in [5.41, 5.74) is 2.22. The molecule has 144 valence electrons. The van der Waals surface area contributed by atoms with Gasteiger partial charge in [0.1, 0.15) is 5.75 Å². The highest BCUT2D eigenvalue weighted by atomic mass is 32.2. The third-order valence-corrected chi connectivity index (χ3v) is 7.10. The van der Waals surface area contributed by atoms with Gasteiger partial charge in [0.15, 0.2) is 5.78 Å². The zero-order chi connectivity index (χ0) is 19.6. The minimum atomic E-state index is -3.61. The highest BCUT2D eigenvalue weighted by Gasteiger charge is 2.34. The molecule has 0 bridgehead atoms. The third-order valence-electron chi connectivity index (χ3n) is 5.09. The quantitative estimate of drug-likeness (QED) is 0.736. The van der Waals surface area contributed by atoms with E-state index in [0.29, 0.717) is 35.6 Å². The molecule has 5 nitrogen and oxygen atoms in total. The lowest BCUT2D eigenvalue weighted by atomic mass is 9.91. The number of hydrogen-bond donors (Lipinski definition) is 0. The van der Waals surface area contributed by atoms with Gasteiger partial charge in [0, 0.05) is 24.6 Å². The van der Waals surface area contributed by atoms with Crippen molar-refractivity contribution in [3.8, 4) is 5.75 Å². The van der Waals surface area contributed by atoms with E-state index in [-0.39, 0.29) is 18.2 Å². The summed E-state index contributed by atoms with van der Waals surface area (Å²) in [5.74, 6) is 0.347. The van der Waals surface area contributed by atoms with Crippen LogP contribution in [0.5, 0.6) is 5.75 Å². The van der Waals surface area contributed by atoms with E-state index < -0.39 is 10.0 Å². The molecule has 1 saturated heterocycles. The van der Waals surface area contributed by atoms with Crippen LogP contribution in [-0.2, 0) is 10.0 Å². The van der Waals surface area contributed by atoms with Crippen molar-refractivity contribution in [1.29, 1.82) is 0 Å².